The molecule has 1 aliphatic heterocycles. The summed E-state index contributed by atoms with van der Waals surface area (Å²) in [5.74, 6) is 0.791. The van der Waals surface area contributed by atoms with Gasteiger partial charge in [-0.3, -0.25) is 9.10 Å². The third-order valence-electron chi connectivity index (χ3n) is 7.00. The highest BCUT2D eigenvalue weighted by atomic mass is 32.2. The lowest BCUT2D eigenvalue weighted by molar-refractivity contribution is 0.0760. The van der Waals surface area contributed by atoms with Gasteiger partial charge in [-0.2, -0.15) is 0 Å². The molecular weight excluding hydrogens is 434 g/mol. The van der Waals surface area contributed by atoms with E-state index < -0.39 is 10.0 Å². The molecule has 2 fully saturated rings. The van der Waals surface area contributed by atoms with Crippen molar-refractivity contribution in [3.05, 3.63) is 60.2 Å². The number of nitrogens with zero attached hydrogens (tertiary/aromatic N) is 3. The van der Waals surface area contributed by atoms with E-state index in [0.29, 0.717) is 11.3 Å². The Kier molecular flexibility index (Phi) is 7.71. The number of rotatable bonds is 6. The largest absolute Gasteiger partial charge is 0.337 e. The normalized spacial score (nSPS) is 18.6. The zero-order chi connectivity index (χ0) is 23.3. The highest BCUT2D eigenvalue weighted by Gasteiger charge is 2.25. The van der Waals surface area contributed by atoms with Gasteiger partial charge in [0.2, 0.25) is 0 Å². The zero-order valence-electron chi connectivity index (χ0n) is 19.5. The topological polar surface area (TPSA) is 60.9 Å². The van der Waals surface area contributed by atoms with E-state index in [4.69, 9.17) is 0 Å². The fraction of sp³-hybridized carbons (Fsp3) is 0.500. The maximum Gasteiger partial charge on any atom is 0.264 e. The third-order valence-corrected chi connectivity index (χ3v) is 8.80. The molecule has 0 unspecified atom stereocenters. The Morgan fingerprint density at radius 1 is 0.879 bits per heavy atom. The standard InChI is InChI=1S/C26H35N3O3S/c1-27(24-11-6-3-7-12-24)33(31,32)25-15-13-23(14-16-25)26(30)29-18-8-17-28(19-20-29)21-22-9-4-2-5-10-22/h3,6-7,11-16,22H,2,4-5,8-10,17-21H2,1H3. The van der Waals surface area contributed by atoms with Gasteiger partial charge in [-0.05, 0) is 68.1 Å². The van der Waals surface area contributed by atoms with Crippen molar-refractivity contribution < 1.29 is 13.2 Å². The molecule has 4 rings (SSSR count). The quantitative estimate of drug-likeness (QED) is 0.635. The average molecular weight is 470 g/mol. The first-order chi connectivity index (χ1) is 15.9. The van der Waals surface area contributed by atoms with Gasteiger partial charge >= 0.3 is 0 Å². The van der Waals surface area contributed by atoms with Gasteiger partial charge < -0.3 is 9.80 Å². The molecule has 2 aromatic carbocycles. The molecule has 2 aromatic rings. The number of hydrogen-bond acceptors (Lipinski definition) is 4. The van der Waals surface area contributed by atoms with Crippen LogP contribution in [0.15, 0.2) is 59.5 Å². The predicted octanol–water partition coefficient (Wildman–Crippen LogP) is 4.24. The van der Waals surface area contributed by atoms with Crippen molar-refractivity contribution in [3.8, 4) is 0 Å². The summed E-state index contributed by atoms with van der Waals surface area (Å²) < 4.78 is 27.2. The van der Waals surface area contributed by atoms with E-state index in [9.17, 15) is 13.2 Å². The summed E-state index contributed by atoms with van der Waals surface area (Å²) >= 11 is 0. The Morgan fingerprint density at radius 2 is 1.58 bits per heavy atom. The monoisotopic (exact) mass is 469 g/mol. The molecule has 0 atom stereocenters. The van der Waals surface area contributed by atoms with Crippen LogP contribution in [0.4, 0.5) is 5.69 Å². The average Bonchev–Trinajstić information content (AvgIpc) is 3.10. The molecule has 0 N–H and O–H groups in total. The number of amides is 1. The summed E-state index contributed by atoms with van der Waals surface area (Å²) in [4.78, 5) is 17.7. The zero-order valence-corrected chi connectivity index (χ0v) is 20.3. The first kappa shape index (κ1) is 23.8. The molecule has 1 aliphatic carbocycles. The molecule has 33 heavy (non-hydrogen) atoms. The minimum atomic E-state index is -3.68. The number of carbonyl (C=O) groups excluding carboxylic acids is 1. The van der Waals surface area contributed by atoms with E-state index >= 15 is 0 Å². The molecule has 1 saturated carbocycles. The molecule has 0 bridgehead atoms. The van der Waals surface area contributed by atoms with Crippen LogP contribution in [0, 0.1) is 5.92 Å². The molecular formula is C26H35N3O3S. The molecule has 1 amide bonds. The van der Waals surface area contributed by atoms with Crippen LogP contribution in [0.25, 0.3) is 0 Å². The Bertz CT molecular complexity index is 1020. The van der Waals surface area contributed by atoms with Gasteiger partial charge in [0.15, 0.2) is 0 Å². The lowest BCUT2D eigenvalue weighted by Crippen LogP contribution is -2.37. The molecule has 7 heteroatoms. The first-order valence-electron chi connectivity index (χ1n) is 12.1. The molecule has 6 nitrogen and oxygen atoms in total. The van der Waals surface area contributed by atoms with Gasteiger partial charge in [0.25, 0.3) is 15.9 Å². The van der Waals surface area contributed by atoms with E-state index in [0.717, 1.165) is 45.1 Å². The Balaban J connectivity index is 1.38. The fourth-order valence-corrected chi connectivity index (χ4v) is 6.17. The summed E-state index contributed by atoms with van der Waals surface area (Å²) in [6, 6.07) is 15.3. The second-order valence-electron chi connectivity index (χ2n) is 9.28. The Labute approximate surface area is 198 Å². The third kappa shape index (κ3) is 5.76. The molecule has 0 aromatic heterocycles. The summed E-state index contributed by atoms with van der Waals surface area (Å²) in [6.07, 6.45) is 7.75. The van der Waals surface area contributed by atoms with E-state index in [1.807, 2.05) is 11.0 Å². The summed E-state index contributed by atoms with van der Waals surface area (Å²) in [7, 11) is -2.14. The number of carbonyl (C=O) groups is 1. The molecule has 2 aliphatic rings. The van der Waals surface area contributed by atoms with Gasteiger partial charge in [0, 0.05) is 38.8 Å². The van der Waals surface area contributed by atoms with E-state index in [1.54, 1.807) is 43.4 Å². The summed E-state index contributed by atoms with van der Waals surface area (Å²) in [5.41, 5.74) is 1.14. The Morgan fingerprint density at radius 3 is 2.27 bits per heavy atom. The fourth-order valence-electron chi connectivity index (χ4n) is 4.98. The second kappa shape index (κ2) is 10.7. The van der Waals surface area contributed by atoms with Crippen LogP contribution in [0.2, 0.25) is 0 Å². The SMILES string of the molecule is CN(c1ccccc1)S(=O)(=O)c1ccc(C(=O)N2CCCN(CC3CCCCC3)CC2)cc1. The van der Waals surface area contributed by atoms with Crippen LogP contribution in [0.3, 0.4) is 0 Å². The van der Waals surface area contributed by atoms with Gasteiger partial charge in [-0.15, -0.1) is 0 Å². The number of sulfonamides is 1. The molecule has 0 spiro atoms. The lowest BCUT2D eigenvalue weighted by Gasteiger charge is -2.28. The van der Waals surface area contributed by atoms with Crippen molar-refractivity contribution in [1.29, 1.82) is 0 Å². The van der Waals surface area contributed by atoms with Crippen molar-refractivity contribution in [1.82, 2.24) is 9.80 Å². The van der Waals surface area contributed by atoms with Gasteiger partial charge in [0.05, 0.1) is 10.6 Å². The minimum absolute atomic E-state index is 0.0186. The van der Waals surface area contributed by atoms with E-state index in [1.165, 1.54) is 48.5 Å². The van der Waals surface area contributed by atoms with Crippen LogP contribution in [0.1, 0.15) is 48.9 Å². The maximum atomic E-state index is 13.1. The van der Waals surface area contributed by atoms with Crippen molar-refractivity contribution in [2.45, 2.75) is 43.4 Å². The van der Waals surface area contributed by atoms with Crippen LogP contribution < -0.4 is 4.31 Å². The van der Waals surface area contributed by atoms with Crippen LogP contribution in [0.5, 0.6) is 0 Å². The number of para-hydroxylation sites is 1. The van der Waals surface area contributed by atoms with Crippen molar-refractivity contribution in [3.63, 3.8) is 0 Å². The number of hydrogen-bond donors (Lipinski definition) is 0. The predicted molar refractivity (Wildman–Crippen MR) is 132 cm³/mol. The van der Waals surface area contributed by atoms with Crippen LogP contribution in [-0.4, -0.2) is 63.9 Å². The highest BCUT2D eigenvalue weighted by molar-refractivity contribution is 7.92. The van der Waals surface area contributed by atoms with Crippen LogP contribution in [-0.2, 0) is 10.0 Å². The van der Waals surface area contributed by atoms with Gasteiger partial charge in [-0.1, -0.05) is 37.5 Å². The molecule has 178 valence electrons. The first-order valence-corrected chi connectivity index (χ1v) is 13.5. The minimum Gasteiger partial charge on any atom is -0.337 e. The highest BCUT2D eigenvalue weighted by Crippen LogP contribution is 2.25. The Hall–Kier alpha value is -2.38. The van der Waals surface area contributed by atoms with E-state index in [-0.39, 0.29) is 10.8 Å². The molecule has 1 heterocycles. The number of benzene rings is 2. The molecule has 1 saturated heterocycles. The second-order valence-corrected chi connectivity index (χ2v) is 11.3. The summed E-state index contributed by atoms with van der Waals surface area (Å²) in [6.45, 7) is 4.59. The maximum absolute atomic E-state index is 13.1. The van der Waals surface area contributed by atoms with E-state index in [2.05, 4.69) is 4.90 Å². The smallest absolute Gasteiger partial charge is 0.264 e. The van der Waals surface area contributed by atoms with Gasteiger partial charge in [-0.25, -0.2) is 8.42 Å². The van der Waals surface area contributed by atoms with Crippen LogP contribution >= 0.6 is 0 Å². The van der Waals surface area contributed by atoms with Gasteiger partial charge in [0.1, 0.15) is 0 Å². The van der Waals surface area contributed by atoms with Crippen molar-refractivity contribution >= 4 is 21.6 Å². The summed E-state index contributed by atoms with van der Waals surface area (Å²) in [5, 5.41) is 0. The van der Waals surface area contributed by atoms with Crippen molar-refractivity contribution in [2.75, 3.05) is 44.1 Å². The number of anilines is 1. The van der Waals surface area contributed by atoms with Crippen molar-refractivity contribution in [2.24, 2.45) is 5.92 Å². The lowest BCUT2D eigenvalue weighted by atomic mass is 9.89. The molecule has 0 radical (unpaired) electrons.